The molecular formula is C79H119ClN12O20S. The highest BCUT2D eigenvalue weighted by Crippen LogP contribution is 2.31. The van der Waals surface area contributed by atoms with Crippen molar-refractivity contribution in [1.29, 1.82) is 0 Å². The molecule has 0 unspecified atom stereocenters. The van der Waals surface area contributed by atoms with E-state index in [4.69, 9.17) is 45.8 Å². The number of anilines is 2. The van der Waals surface area contributed by atoms with Crippen LogP contribution in [0, 0.1) is 29.6 Å². The maximum absolute atomic E-state index is 14.9. The van der Waals surface area contributed by atoms with Crippen molar-refractivity contribution in [2.24, 2.45) is 35.3 Å². The molecule has 3 aromatic carbocycles. The molecule has 0 radical (unpaired) electrons. The number of aliphatic carboxylic acids is 1. The first kappa shape index (κ1) is 94.8. The van der Waals surface area contributed by atoms with Crippen LogP contribution in [0.5, 0.6) is 0 Å². The molecule has 113 heavy (non-hydrogen) atoms. The van der Waals surface area contributed by atoms with Crippen molar-refractivity contribution in [3.63, 3.8) is 0 Å². The van der Waals surface area contributed by atoms with Gasteiger partial charge in [0.15, 0.2) is 4.36 Å². The Kier molecular flexibility index (Phi) is 39.5. The number of methoxy groups -OCH3 is 2. The maximum atomic E-state index is 14.9. The molecule has 0 saturated carbocycles. The number of primary amides is 1. The lowest BCUT2D eigenvalue weighted by Gasteiger charge is -2.41. The molecule has 3 aromatic rings. The number of hydrogen-bond acceptors (Lipinski definition) is 20. The van der Waals surface area contributed by atoms with Crippen molar-refractivity contribution in [3.8, 4) is 0 Å². The second-order valence-electron chi connectivity index (χ2n) is 29.5. The highest BCUT2D eigenvalue weighted by Gasteiger charge is 2.44. The smallest absolute Gasteiger partial charge is 0.414 e. The third-order valence-electron chi connectivity index (χ3n) is 20.2. The first-order valence-electron chi connectivity index (χ1n) is 38.5. The molecule has 9 N–H and O–H groups in total. The number of nitrogens with zero attached hydrogens (tertiary/aromatic N) is 5. The number of rotatable bonds is 49. The Morgan fingerprint density at radius 3 is 1.88 bits per heavy atom. The summed E-state index contributed by atoms with van der Waals surface area (Å²) in [7, 11) is 4.08. The number of ether oxygens (including phenoxy) is 6. The molecule has 2 aliphatic heterocycles. The van der Waals surface area contributed by atoms with Gasteiger partial charge < -0.3 is 81.0 Å². The second-order valence-corrected chi connectivity index (χ2v) is 32.0. The number of carbonyl (C=O) groups excluding carboxylic acids is 10. The maximum Gasteiger partial charge on any atom is 0.414 e. The van der Waals surface area contributed by atoms with Crippen molar-refractivity contribution in [2.75, 3.05) is 111 Å². The number of carboxylic acids is 1. The minimum absolute atomic E-state index is 0.00158. The number of benzene rings is 3. The quantitative estimate of drug-likeness (QED) is 0.0322. The Balaban J connectivity index is 1.09. The van der Waals surface area contributed by atoms with Gasteiger partial charge in [-0.15, -0.1) is 0 Å². The minimum atomic E-state index is -4.02. The molecule has 1 fully saturated rings. The summed E-state index contributed by atoms with van der Waals surface area (Å²) < 4.78 is 58.2. The number of nitrogens with two attached hydrogens (primary N) is 1. The second kappa shape index (κ2) is 47.1. The SMILES string of the molecule is CC[C@H](C)[C@@H]([C@@H](CC(=O)N1CCC[C@H]1[C@H](OC)[C@@H](C)C(=O)N[C@@H](Cc1ccccc1)C(=O)O)OC)N(C)C(=O)[C@@H](NC(=O)[C@H](C(C)C)N(C)CCc1ccc(N(C)C(=O)OCc2ccc(NC(=O)[C@H](CCCNC(N)=O)NC(=O)[C@@H](NC(=O)CCOCCOCCOCCN3C(=O)C=C(Cl)S3(=O)=O)C(C)C)cc2)cc1)C(C)C. The first-order chi connectivity index (χ1) is 53.6. The zero-order valence-corrected chi connectivity index (χ0v) is 69.2. The summed E-state index contributed by atoms with van der Waals surface area (Å²) in [6.45, 7) is 17.9. The Labute approximate surface area is 669 Å². The number of urea groups is 1. The minimum Gasteiger partial charge on any atom is -0.480 e. The molecule has 0 aromatic heterocycles. The van der Waals surface area contributed by atoms with E-state index in [-0.39, 0.29) is 127 Å². The average Bonchev–Trinajstić information content (AvgIpc) is 1.58. The first-order valence-corrected chi connectivity index (χ1v) is 40.3. The molecule has 0 bridgehead atoms. The molecule has 11 amide bonds. The van der Waals surface area contributed by atoms with Gasteiger partial charge in [-0.25, -0.2) is 18.7 Å². The van der Waals surface area contributed by atoms with Gasteiger partial charge in [0.1, 0.15) is 30.8 Å². The van der Waals surface area contributed by atoms with Crippen molar-refractivity contribution < 1.29 is 94.7 Å². The number of amides is 11. The average molecular weight is 1620 g/mol. The molecule has 628 valence electrons. The van der Waals surface area contributed by atoms with Crippen molar-refractivity contribution >= 4 is 98.4 Å². The standard InChI is InChI=1S/C79H119ClN12O20S/c1-15-52(8)70(62(107-13)46-65(94)91-36-20-24-61(91)71(108-14)53(9)72(96)85-60(77(101)102)45-55-21-17-16-18-22-55)90(12)76(100)68(50(4)5)87-75(99)69(51(6)7)88(10)37-33-54-27-31-58(32-28-54)89(11)79(104)112-48-56-25-29-57(30-26-56)83-73(97)59(23-19-35-82-78(81)103)84-74(98)67(49(2)3)86-64(93)34-39-109-41-43-111-44-42-110-40-38-92-66(95)47-63(80)113(92,105)106/h16-18,21-22,25-32,47,49-53,59-62,67-71H,15,19-20,23-24,33-46,48H2,1-14H3,(H,83,97)(H,84,98)(H,85,96)(H,86,93)(H,87,99)(H,101,102)(H3,81,82,103)/t52-,53+,59-,60-,61-,62+,67-,68-,69-,70-,71+/m0/s1. The molecule has 2 heterocycles. The Morgan fingerprint density at radius 2 is 1.31 bits per heavy atom. The number of halogens is 1. The van der Waals surface area contributed by atoms with E-state index in [1.165, 1.54) is 19.1 Å². The van der Waals surface area contributed by atoms with Crippen LogP contribution in [0.15, 0.2) is 89.3 Å². The van der Waals surface area contributed by atoms with Crippen LogP contribution in [-0.2, 0) is 101 Å². The van der Waals surface area contributed by atoms with Gasteiger partial charge in [-0.05, 0) is 104 Å². The van der Waals surface area contributed by atoms with Crippen molar-refractivity contribution in [1.82, 2.24) is 45.6 Å². The van der Waals surface area contributed by atoms with E-state index in [0.29, 0.717) is 60.0 Å². The largest absolute Gasteiger partial charge is 0.480 e. The van der Waals surface area contributed by atoms with E-state index in [0.717, 1.165) is 17.2 Å². The molecule has 5 rings (SSSR count). The molecule has 0 aliphatic carbocycles. The Hall–Kier alpha value is -8.83. The molecule has 34 heteroatoms. The van der Waals surface area contributed by atoms with Gasteiger partial charge in [-0.1, -0.05) is 135 Å². The number of sulfonamides is 1. The molecule has 2 aliphatic rings. The van der Waals surface area contributed by atoms with Gasteiger partial charge in [0.2, 0.25) is 41.4 Å². The van der Waals surface area contributed by atoms with Gasteiger partial charge in [0.05, 0.1) is 88.9 Å². The summed E-state index contributed by atoms with van der Waals surface area (Å²) in [5, 5.41) is 26.6. The van der Waals surface area contributed by atoms with Gasteiger partial charge >= 0.3 is 18.1 Å². The number of nitrogens with one attached hydrogen (secondary N) is 6. The van der Waals surface area contributed by atoms with Crippen LogP contribution >= 0.6 is 11.6 Å². The monoisotopic (exact) mass is 1620 g/mol. The fraction of sp³-hybridized carbons (Fsp3) is 0.608. The van der Waals surface area contributed by atoms with Crippen LogP contribution in [0.4, 0.5) is 21.0 Å². The fourth-order valence-corrected chi connectivity index (χ4v) is 15.0. The highest BCUT2D eigenvalue weighted by atomic mass is 35.5. The molecule has 32 nitrogen and oxygen atoms in total. The predicted molar refractivity (Wildman–Crippen MR) is 425 cm³/mol. The van der Waals surface area contributed by atoms with E-state index in [9.17, 15) is 66.3 Å². The van der Waals surface area contributed by atoms with E-state index < -0.39 is 128 Å². The van der Waals surface area contributed by atoms with Crippen LogP contribution < -0.4 is 42.5 Å². The van der Waals surface area contributed by atoms with Crippen LogP contribution in [0.1, 0.15) is 124 Å². The molecule has 11 atom stereocenters. The zero-order valence-electron chi connectivity index (χ0n) is 67.6. The highest BCUT2D eigenvalue weighted by molar-refractivity contribution is 7.95. The Bertz CT molecular complexity index is 3770. The summed E-state index contributed by atoms with van der Waals surface area (Å²) in [6, 6.07) is 16.1. The van der Waals surface area contributed by atoms with E-state index in [1.54, 1.807) is 105 Å². The third-order valence-corrected chi connectivity index (χ3v) is 22.5. The Morgan fingerprint density at radius 1 is 0.699 bits per heavy atom. The predicted octanol–water partition coefficient (Wildman–Crippen LogP) is 5.54. The summed E-state index contributed by atoms with van der Waals surface area (Å²) >= 11 is 5.60. The van der Waals surface area contributed by atoms with Gasteiger partial charge in [-0.2, -0.15) is 8.42 Å². The van der Waals surface area contributed by atoms with E-state index >= 15 is 0 Å². The number of carbonyl (C=O) groups is 11. The molecular weight excluding hydrogens is 1500 g/mol. The van der Waals surface area contributed by atoms with Crippen LogP contribution in [0.3, 0.4) is 0 Å². The van der Waals surface area contributed by atoms with Crippen molar-refractivity contribution in [3.05, 3.63) is 106 Å². The molecule has 1 saturated heterocycles. The summed E-state index contributed by atoms with van der Waals surface area (Å²) in [4.78, 5) is 154. The summed E-state index contributed by atoms with van der Waals surface area (Å²) in [5.74, 6) is -6.91. The normalized spacial score (nSPS) is 16.7. The van der Waals surface area contributed by atoms with Crippen LogP contribution in [-0.4, -0.2) is 254 Å². The fourth-order valence-electron chi connectivity index (χ4n) is 13.6. The van der Waals surface area contributed by atoms with Gasteiger partial charge in [0, 0.05) is 78.2 Å². The van der Waals surface area contributed by atoms with Crippen LogP contribution in [0.25, 0.3) is 0 Å². The number of hydrogen-bond donors (Lipinski definition) is 8. The summed E-state index contributed by atoms with van der Waals surface area (Å²) in [6.07, 6.45) is 1.27. The summed E-state index contributed by atoms with van der Waals surface area (Å²) in [5.41, 5.74) is 8.44. The molecule has 0 spiro atoms. The van der Waals surface area contributed by atoms with E-state index in [1.807, 2.05) is 71.7 Å². The van der Waals surface area contributed by atoms with E-state index in [2.05, 4.69) is 31.9 Å². The van der Waals surface area contributed by atoms with Gasteiger partial charge in [-0.3, -0.25) is 48.2 Å². The number of likely N-dealkylation sites (N-methyl/N-ethyl adjacent to an activating group) is 2. The van der Waals surface area contributed by atoms with Crippen LogP contribution in [0.2, 0.25) is 0 Å². The van der Waals surface area contributed by atoms with Gasteiger partial charge in [0.25, 0.3) is 15.9 Å². The lowest BCUT2D eigenvalue weighted by atomic mass is 9.89. The lowest BCUT2D eigenvalue weighted by Crippen LogP contribution is -2.60. The number of likely N-dealkylation sites (tertiary alicyclic amines) is 1. The lowest BCUT2D eigenvalue weighted by molar-refractivity contribution is -0.148. The topological polar surface area (TPSA) is 412 Å². The third kappa shape index (κ3) is 29.2. The van der Waals surface area contributed by atoms with Crippen molar-refractivity contribution in [2.45, 2.75) is 181 Å². The zero-order chi connectivity index (χ0) is 83.8. The number of carboxylic acid groups (broad SMARTS) is 1.